The summed E-state index contributed by atoms with van der Waals surface area (Å²) in [5.41, 5.74) is 5.77. The Morgan fingerprint density at radius 3 is 2.54 bits per heavy atom. The van der Waals surface area contributed by atoms with Gasteiger partial charge in [-0.1, -0.05) is 55.8 Å². The van der Waals surface area contributed by atoms with E-state index in [1.54, 1.807) is 4.90 Å². The van der Waals surface area contributed by atoms with Crippen LogP contribution in [0.5, 0.6) is 0 Å². The van der Waals surface area contributed by atoms with Crippen molar-refractivity contribution in [3.63, 3.8) is 0 Å². The van der Waals surface area contributed by atoms with Crippen LogP contribution in [0.15, 0.2) is 54.1 Å². The quantitative estimate of drug-likeness (QED) is 0.498. The van der Waals surface area contributed by atoms with Crippen molar-refractivity contribution >= 4 is 46.9 Å². The molecule has 41 heavy (non-hydrogen) atoms. The van der Waals surface area contributed by atoms with Crippen LogP contribution in [0.3, 0.4) is 0 Å². The molecule has 1 aliphatic carbocycles. The van der Waals surface area contributed by atoms with Gasteiger partial charge >= 0.3 is 0 Å². The first kappa shape index (κ1) is 27.5. The van der Waals surface area contributed by atoms with Crippen LogP contribution in [-0.4, -0.2) is 52.6 Å². The fourth-order valence-corrected chi connectivity index (χ4v) is 6.51. The lowest BCUT2D eigenvalue weighted by Crippen LogP contribution is -2.52. The third-order valence-electron chi connectivity index (χ3n) is 8.83. The number of benzene rings is 2. The second kappa shape index (κ2) is 10.6. The van der Waals surface area contributed by atoms with Gasteiger partial charge in [-0.2, -0.15) is 0 Å². The lowest BCUT2D eigenvalue weighted by atomic mass is 9.72. The lowest BCUT2D eigenvalue weighted by molar-refractivity contribution is -0.137. The monoisotopic (exact) mass is 571 g/mol. The highest BCUT2D eigenvalue weighted by Crippen LogP contribution is 2.44. The number of hydrogen-bond donors (Lipinski definition) is 1. The van der Waals surface area contributed by atoms with Crippen LogP contribution in [0, 0.1) is 11.3 Å². The summed E-state index contributed by atoms with van der Waals surface area (Å²) in [4.78, 5) is 53.8. The zero-order chi connectivity index (χ0) is 28.9. The number of carbonyl (C=O) groups excluding carboxylic acids is 4. The van der Waals surface area contributed by atoms with Gasteiger partial charge in [0.1, 0.15) is 6.04 Å². The Morgan fingerprint density at radius 1 is 1.05 bits per heavy atom. The Balaban J connectivity index is 1.10. The minimum absolute atomic E-state index is 0.139. The minimum Gasteiger partial charge on any atom is -0.338 e. The van der Waals surface area contributed by atoms with Crippen LogP contribution in [0.4, 0.5) is 0 Å². The van der Waals surface area contributed by atoms with Crippen LogP contribution < -0.4 is 5.32 Å². The lowest BCUT2D eigenvalue weighted by Gasteiger charge is -2.41. The van der Waals surface area contributed by atoms with Crippen LogP contribution in [0.25, 0.3) is 11.6 Å². The molecule has 6 rings (SSSR count). The van der Waals surface area contributed by atoms with Crippen LogP contribution in [-0.2, 0) is 20.9 Å². The van der Waals surface area contributed by atoms with Crippen molar-refractivity contribution in [2.45, 2.75) is 58.5 Å². The van der Waals surface area contributed by atoms with Crippen molar-refractivity contribution in [3.8, 4) is 0 Å². The van der Waals surface area contributed by atoms with E-state index in [-0.39, 0.29) is 35.5 Å². The molecular formula is C33H34ClN3O4. The maximum Gasteiger partial charge on any atom is 0.255 e. The first-order valence-corrected chi connectivity index (χ1v) is 14.7. The smallest absolute Gasteiger partial charge is 0.255 e. The van der Waals surface area contributed by atoms with E-state index >= 15 is 0 Å². The number of piperidine rings is 1. The maximum atomic E-state index is 13.6. The van der Waals surface area contributed by atoms with Crippen molar-refractivity contribution < 1.29 is 19.2 Å². The number of nitrogens with zero attached hydrogens (tertiary/aromatic N) is 2. The molecule has 2 fully saturated rings. The van der Waals surface area contributed by atoms with Gasteiger partial charge < -0.3 is 9.80 Å². The fraction of sp³-hybridized carbons (Fsp3) is 0.394. The highest BCUT2D eigenvalue weighted by atomic mass is 35.5. The molecule has 212 valence electrons. The average Bonchev–Trinajstić information content (AvgIpc) is 3.22. The summed E-state index contributed by atoms with van der Waals surface area (Å²) in [7, 11) is 0. The summed E-state index contributed by atoms with van der Waals surface area (Å²) in [6.07, 6.45) is 7.42. The van der Waals surface area contributed by atoms with E-state index in [1.807, 2.05) is 53.4 Å². The van der Waals surface area contributed by atoms with Gasteiger partial charge in [-0.05, 0) is 77.6 Å². The summed E-state index contributed by atoms with van der Waals surface area (Å²) in [5, 5.41) is 3.03. The topological polar surface area (TPSA) is 86.8 Å². The average molecular weight is 572 g/mol. The molecule has 0 radical (unpaired) electrons. The Bertz CT molecular complexity index is 1500. The van der Waals surface area contributed by atoms with Crippen LogP contribution >= 0.6 is 11.6 Å². The van der Waals surface area contributed by atoms with E-state index in [1.165, 1.54) is 0 Å². The Morgan fingerprint density at radius 2 is 1.80 bits per heavy atom. The largest absolute Gasteiger partial charge is 0.338 e. The van der Waals surface area contributed by atoms with Gasteiger partial charge in [0, 0.05) is 48.1 Å². The molecule has 0 bridgehead atoms. The highest BCUT2D eigenvalue weighted by Gasteiger charge is 2.39. The number of amides is 4. The summed E-state index contributed by atoms with van der Waals surface area (Å²) >= 11 is 6.12. The molecule has 0 aromatic heterocycles. The Labute approximate surface area is 245 Å². The molecule has 2 saturated heterocycles. The molecule has 4 amide bonds. The third-order valence-corrected chi connectivity index (χ3v) is 9.08. The van der Waals surface area contributed by atoms with Gasteiger partial charge in [-0.25, -0.2) is 0 Å². The number of carbonyl (C=O) groups is 4. The first-order valence-electron chi connectivity index (χ1n) is 14.3. The number of allylic oxidation sites excluding steroid dienone is 1. The minimum atomic E-state index is -0.615. The molecule has 0 saturated carbocycles. The molecule has 8 heteroatoms. The van der Waals surface area contributed by atoms with E-state index < -0.39 is 11.9 Å². The van der Waals surface area contributed by atoms with Gasteiger partial charge in [0.05, 0.1) is 0 Å². The van der Waals surface area contributed by atoms with Gasteiger partial charge in [0.25, 0.3) is 5.91 Å². The van der Waals surface area contributed by atoms with Gasteiger partial charge in [-0.15, -0.1) is 0 Å². The predicted molar refractivity (Wildman–Crippen MR) is 158 cm³/mol. The first-order chi connectivity index (χ1) is 19.6. The highest BCUT2D eigenvalue weighted by molar-refractivity contribution is 6.30. The normalized spacial score (nSPS) is 22.7. The van der Waals surface area contributed by atoms with Crippen molar-refractivity contribution in [3.05, 3.63) is 81.4 Å². The van der Waals surface area contributed by atoms with Gasteiger partial charge in [-0.3, -0.25) is 24.5 Å². The van der Waals surface area contributed by atoms with E-state index in [0.29, 0.717) is 36.6 Å². The Kier molecular flexibility index (Phi) is 7.10. The molecule has 7 nitrogen and oxygen atoms in total. The zero-order valence-corrected chi connectivity index (χ0v) is 24.2. The molecule has 2 aromatic carbocycles. The summed E-state index contributed by atoms with van der Waals surface area (Å²) in [6.45, 7) is 6.24. The van der Waals surface area contributed by atoms with Crippen LogP contribution in [0.2, 0.25) is 5.02 Å². The fourth-order valence-electron chi connectivity index (χ4n) is 6.39. The number of likely N-dealkylation sites (tertiary alicyclic amines) is 1. The second-order valence-electron chi connectivity index (χ2n) is 12.5. The Hall–Kier alpha value is -3.71. The number of nitrogens with one attached hydrogen (secondary N) is 1. The summed E-state index contributed by atoms with van der Waals surface area (Å²) in [5.74, 6) is -0.454. The summed E-state index contributed by atoms with van der Waals surface area (Å²) in [6, 6.07) is 12.9. The van der Waals surface area contributed by atoms with E-state index in [9.17, 15) is 19.2 Å². The molecule has 2 aromatic rings. The molecular weight excluding hydrogens is 538 g/mol. The molecule has 3 aliphatic heterocycles. The van der Waals surface area contributed by atoms with Gasteiger partial charge in [0.15, 0.2) is 0 Å². The molecule has 1 atom stereocenters. The number of fused-ring (bicyclic) bond motifs is 1. The molecule has 0 spiro atoms. The van der Waals surface area contributed by atoms with Gasteiger partial charge in [0.2, 0.25) is 17.7 Å². The van der Waals surface area contributed by atoms with E-state index in [4.69, 9.17) is 11.6 Å². The molecule has 3 heterocycles. The van der Waals surface area contributed by atoms with E-state index in [2.05, 4.69) is 25.2 Å². The van der Waals surface area contributed by atoms with Crippen molar-refractivity contribution in [2.75, 3.05) is 13.1 Å². The number of halogens is 1. The molecule has 1 unspecified atom stereocenters. The van der Waals surface area contributed by atoms with Crippen molar-refractivity contribution in [1.29, 1.82) is 0 Å². The second-order valence-corrected chi connectivity index (χ2v) is 12.9. The predicted octanol–water partition coefficient (Wildman–Crippen LogP) is 5.24. The maximum absolute atomic E-state index is 13.6. The summed E-state index contributed by atoms with van der Waals surface area (Å²) < 4.78 is 0. The number of hydrogen-bond acceptors (Lipinski definition) is 4. The number of rotatable bonds is 5. The zero-order valence-electron chi connectivity index (χ0n) is 23.4. The van der Waals surface area contributed by atoms with Crippen LogP contribution in [0.1, 0.15) is 73.0 Å². The SMILES string of the molecule is CC1(C)CCC(C(=O)N2CC(C=Cc3ccc4c(c3)CN(C3CCC(=O)NC3=O)C4=O)C2)=C(c2ccc(Cl)cc2)C1. The van der Waals surface area contributed by atoms with E-state index in [0.717, 1.165) is 47.1 Å². The standard InChI is InChI=1S/C33H34ClN3O4/c1-33(2)14-13-26(27(16-33)22-6-8-24(34)9-7-22)31(40)36-17-21(18-36)4-3-20-5-10-25-23(15-20)19-37(32(25)41)28-11-12-29(38)35-30(28)39/h3-10,15,21,28H,11-14,16-19H2,1-2H3,(H,35,38,39). The van der Waals surface area contributed by atoms with Crippen molar-refractivity contribution in [1.82, 2.24) is 15.1 Å². The molecule has 1 N–H and O–H groups in total. The third kappa shape index (κ3) is 5.47. The molecule has 4 aliphatic rings. The number of imide groups is 1. The van der Waals surface area contributed by atoms with Crippen molar-refractivity contribution in [2.24, 2.45) is 11.3 Å².